The number of carbonyl (C=O) groups is 1. The number of aromatic amines is 1. The largest absolute Gasteiger partial charge is 0.342 e. The van der Waals surface area contributed by atoms with E-state index in [9.17, 15) is 4.79 Å². The van der Waals surface area contributed by atoms with Gasteiger partial charge in [-0.25, -0.2) is 0 Å². The van der Waals surface area contributed by atoms with Crippen LogP contribution in [-0.4, -0.2) is 23.8 Å². The van der Waals surface area contributed by atoms with Crippen molar-refractivity contribution in [1.82, 2.24) is 10.2 Å². The Bertz CT molecular complexity index is 866. The highest BCUT2D eigenvalue weighted by Gasteiger charge is 2.48. The Morgan fingerprint density at radius 3 is 2.58 bits per heavy atom. The van der Waals surface area contributed by atoms with Gasteiger partial charge < -0.3 is 5.32 Å². The van der Waals surface area contributed by atoms with E-state index < -0.39 is 5.31 Å². The van der Waals surface area contributed by atoms with Gasteiger partial charge in [-0.05, 0) is 24.3 Å². The molecule has 0 radical (unpaired) electrons. The van der Waals surface area contributed by atoms with Gasteiger partial charge in [-0.1, -0.05) is 44.2 Å². The highest BCUT2D eigenvalue weighted by Crippen LogP contribution is 2.51. The number of aromatic nitrogens is 2. The molecule has 1 atom stereocenters. The van der Waals surface area contributed by atoms with E-state index in [1.54, 1.807) is 0 Å². The monoisotopic (exact) mass is 319 g/mol. The summed E-state index contributed by atoms with van der Waals surface area (Å²) in [5, 5.41) is 10.5. The molecule has 0 fully saturated rings. The van der Waals surface area contributed by atoms with E-state index in [1.807, 2.05) is 25.1 Å². The Kier molecular flexibility index (Phi) is 3.08. The van der Waals surface area contributed by atoms with Crippen molar-refractivity contribution in [2.45, 2.75) is 38.9 Å². The lowest BCUT2D eigenvalue weighted by atomic mass is 9.51. The standard InChI is InChI=1S/C19H22BN3O/c1-11-15-17(23-22-11)21-13-9-18(2,3)10-14(24)16(13)19(15,20)12-7-5-4-6-8-12/h4-8H,9-10,20H2,1-3H3,(H2,21,22,23). The van der Waals surface area contributed by atoms with Crippen LogP contribution < -0.4 is 5.32 Å². The van der Waals surface area contributed by atoms with Crippen LogP contribution >= 0.6 is 0 Å². The fraction of sp³-hybridized carbons (Fsp3) is 0.368. The van der Waals surface area contributed by atoms with Gasteiger partial charge in [0.05, 0.1) is 0 Å². The molecule has 1 aromatic carbocycles. The lowest BCUT2D eigenvalue weighted by molar-refractivity contribution is -0.118. The molecule has 0 spiro atoms. The molecule has 2 aliphatic rings. The minimum Gasteiger partial charge on any atom is -0.342 e. The lowest BCUT2D eigenvalue weighted by Crippen LogP contribution is -2.44. The molecule has 4 rings (SSSR count). The van der Waals surface area contributed by atoms with Crippen molar-refractivity contribution in [3.05, 3.63) is 58.4 Å². The Hall–Kier alpha value is -2.30. The normalized spacial score (nSPS) is 25.0. The minimum absolute atomic E-state index is 0.0244. The summed E-state index contributed by atoms with van der Waals surface area (Å²) in [4.78, 5) is 13.1. The predicted molar refractivity (Wildman–Crippen MR) is 97.8 cm³/mol. The smallest absolute Gasteiger partial charge is 0.161 e. The number of nitrogens with one attached hydrogen (secondary N) is 2. The van der Waals surface area contributed by atoms with Crippen molar-refractivity contribution < 1.29 is 4.79 Å². The van der Waals surface area contributed by atoms with Gasteiger partial charge in [-0.3, -0.25) is 9.89 Å². The first-order valence-corrected chi connectivity index (χ1v) is 8.48. The molecule has 1 unspecified atom stereocenters. The molecule has 122 valence electrons. The molecule has 0 bridgehead atoms. The quantitative estimate of drug-likeness (QED) is 0.795. The summed E-state index contributed by atoms with van der Waals surface area (Å²) in [5.41, 5.74) is 5.14. The average molecular weight is 319 g/mol. The third kappa shape index (κ3) is 2.00. The third-order valence-electron chi connectivity index (χ3n) is 5.44. The van der Waals surface area contributed by atoms with Crippen LogP contribution in [0.3, 0.4) is 0 Å². The van der Waals surface area contributed by atoms with Gasteiger partial charge in [0.15, 0.2) is 11.6 Å². The zero-order valence-electron chi connectivity index (χ0n) is 14.7. The number of hydrogen-bond acceptors (Lipinski definition) is 3. The first-order chi connectivity index (χ1) is 11.3. The molecular formula is C19H22BN3O. The van der Waals surface area contributed by atoms with Crippen molar-refractivity contribution in [1.29, 1.82) is 0 Å². The van der Waals surface area contributed by atoms with E-state index in [1.165, 1.54) is 0 Å². The van der Waals surface area contributed by atoms with E-state index in [0.717, 1.165) is 40.3 Å². The van der Waals surface area contributed by atoms with Crippen molar-refractivity contribution in [2.24, 2.45) is 5.41 Å². The molecule has 1 aliphatic heterocycles. The summed E-state index contributed by atoms with van der Waals surface area (Å²) >= 11 is 0. The molecule has 2 N–H and O–H groups in total. The molecule has 0 saturated heterocycles. The van der Waals surface area contributed by atoms with Crippen molar-refractivity contribution in [3.8, 4) is 0 Å². The number of nitrogens with zero attached hydrogens (tertiary/aromatic N) is 1. The summed E-state index contributed by atoms with van der Waals surface area (Å²) in [5.74, 6) is 1.09. The molecule has 0 amide bonds. The third-order valence-corrected chi connectivity index (χ3v) is 5.44. The molecule has 24 heavy (non-hydrogen) atoms. The van der Waals surface area contributed by atoms with Gasteiger partial charge in [0.1, 0.15) is 7.85 Å². The maximum Gasteiger partial charge on any atom is 0.161 e. The molecule has 0 saturated carbocycles. The Labute approximate surface area is 143 Å². The number of anilines is 1. The van der Waals surface area contributed by atoms with Gasteiger partial charge in [0, 0.05) is 34.3 Å². The highest BCUT2D eigenvalue weighted by atomic mass is 16.1. The number of aryl methyl sites for hydroxylation is 1. The first-order valence-electron chi connectivity index (χ1n) is 8.48. The number of carbonyl (C=O) groups excluding carboxylic acids is 1. The van der Waals surface area contributed by atoms with Crippen LogP contribution in [0.15, 0.2) is 41.6 Å². The fourth-order valence-corrected chi connectivity index (χ4v) is 4.47. The second-order valence-corrected chi connectivity index (χ2v) is 7.98. The molecule has 4 nitrogen and oxygen atoms in total. The maximum absolute atomic E-state index is 13.1. The number of ketones is 1. The van der Waals surface area contributed by atoms with Crippen LogP contribution in [0.5, 0.6) is 0 Å². The summed E-state index contributed by atoms with van der Waals surface area (Å²) in [6, 6.07) is 10.3. The van der Waals surface area contributed by atoms with Crippen LogP contribution in [0.4, 0.5) is 5.82 Å². The molecule has 1 aliphatic carbocycles. The topological polar surface area (TPSA) is 57.8 Å². The molecule has 1 aromatic heterocycles. The van der Waals surface area contributed by atoms with Crippen molar-refractivity contribution >= 4 is 19.4 Å². The van der Waals surface area contributed by atoms with Gasteiger partial charge in [-0.2, -0.15) is 5.10 Å². The number of hydrogen-bond donors (Lipinski definition) is 2. The first kappa shape index (κ1) is 15.2. The maximum atomic E-state index is 13.1. The zero-order chi connectivity index (χ0) is 17.1. The van der Waals surface area contributed by atoms with E-state index in [0.29, 0.717) is 6.42 Å². The SMILES string of the molecule is BC1(c2ccccc2)C2=C(CC(C)(C)CC2=O)Nc2n[nH]c(C)c21. The zero-order valence-corrected chi connectivity index (χ0v) is 14.7. The number of allylic oxidation sites excluding steroid dienone is 2. The van der Waals surface area contributed by atoms with Crippen LogP contribution in [0, 0.1) is 12.3 Å². The predicted octanol–water partition coefficient (Wildman–Crippen LogP) is 2.66. The Balaban J connectivity index is 2.02. The molecule has 2 heterocycles. The van der Waals surface area contributed by atoms with Crippen LogP contribution in [0.25, 0.3) is 0 Å². The van der Waals surface area contributed by atoms with Crippen LogP contribution in [0.1, 0.15) is 43.5 Å². The van der Waals surface area contributed by atoms with E-state index in [4.69, 9.17) is 0 Å². The average Bonchev–Trinajstić information content (AvgIpc) is 2.88. The van der Waals surface area contributed by atoms with Crippen LogP contribution in [0.2, 0.25) is 0 Å². The van der Waals surface area contributed by atoms with Crippen LogP contribution in [-0.2, 0) is 10.1 Å². The summed E-state index contributed by atoms with van der Waals surface area (Å²) in [7, 11) is 2.16. The minimum atomic E-state index is -0.470. The van der Waals surface area contributed by atoms with Gasteiger partial charge in [-0.15, -0.1) is 0 Å². The lowest BCUT2D eigenvalue weighted by Gasteiger charge is -2.44. The van der Waals surface area contributed by atoms with E-state index in [-0.39, 0.29) is 11.2 Å². The number of H-pyrrole nitrogens is 1. The van der Waals surface area contributed by atoms with E-state index in [2.05, 4.69) is 49.3 Å². The summed E-state index contributed by atoms with van der Waals surface area (Å²) < 4.78 is 0. The van der Waals surface area contributed by atoms with Crippen molar-refractivity contribution in [3.63, 3.8) is 0 Å². The Morgan fingerprint density at radius 2 is 1.88 bits per heavy atom. The Morgan fingerprint density at radius 1 is 1.17 bits per heavy atom. The summed E-state index contributed by atoms with van der Waals surface area (Å²) in [6.07, 6.45) is 1.45. The van der Waals surface area contributed by atoms with Gasteiger partial charge >= 0.3 is 0 Å². The number of rotatable bonds is 1. The summed E-state index contributed by atoms with van der Waals surface area (Å²) in [6.45, 7) is 6.33. The van der Waals surface area contributed by atoms with Gasteiger partial charge in [0.25, 0.3) is 0 Å². The molecule has 2 aromatic rings. The fourth-order valence-electron chi connectivity index (χ4n) is 4.47. The number of benzene rings is 1. The van der Waals surface area contributed by atoms with Crippen molar-refractivity contribution in [2.75, 3.05) is 5.32 Å². The second kappa shape index (κ2) is 4.85. The van der Waals surface area contributed by atoms with Gasteiger partial charge in [0.2, 0.25) is 0 Å². The molecular weight excluding hydrogens is 297 g/mol. The highest BCUT2D eigenvalue weighted by molar-refractivity contribution is 6.27. The second-order valence-electron chi connectivity index (χ2n) is 7.98. The number of fused-ring (bicyclic) bond motifs is 1. The molecule has 5 heteroatoms. The number of Topliss-reactive ketones (excluding diaryl/α,β-unsaturated/α-hetero) is 1. The van der Waals surface area contributed by atoms with E-state index >= 15 is 0 Å².